The van der Waals surface area contributed by atoms with Crippen molar-refractivity contribution < 1.29 is 22.7 Å². The van der Waals surface area contributed by atoms with Gasteiger partial charge in [-0.2, -0.15) is 4.31 Å². The fourth-order valence-electron chi connectivity index (χ4n) is 3.98. The molecule has 1 atom stereocenters. The van der Waals surface area contributed by atoms with E-state index in [2.05, 4.69) is 4.98 Å². The maximum atomic E-state index is 13.6. The first-order valence-electron chi connectivity index (χ1n) is 10.7. The molecule has 1 saturated heterocycles. The van der Waals surface area contributed by atoms with Gasteiger partial charge in [-0.15, -0.1) is 0 Å². The lowest BCUT2D eigenvalue weighted by molar-refractivity contribution is 0.0600. The Morgan fingerprint density at radius 2 is 2.03 bits per heavy atom. The van der Waals surface area contributed by atoms with Crippen LogP contribution in [0.15, 0.2) is 58.2 Å². The van der Waals surface area contributed by atoms with Crippen LogP contribution in [0.5, 0.6) is 0 Å². The van der Waals surface area contributed by atoms with E-state index in [0.29, 0.717) is 17.7 Å². The molecule has 2 aromatic carbocycles. The van der Waals surface area contributed by atoms with E-state index in [-0.39, 0.29) is 35.2 Å². The summed E-state index contributed by atoms with van der Waals surface area (Å²) in [4.78, 5) is 27.5. The molecule has 0 saturated carbocycles. The summed E-state index contributed by atoms with van der Waals surface area (Å²) in [5.74, 6) is -0.626. The quantitative estimate of drug-likeness (QED) is 0.532. The number of esters is 1. The molecule has 1 aliphatic rings. The highest BCUT2D eigenvalue weighted by molar-refractivity contribution is 7.89. The molecule has 3 aromatic rings. The van der Waals surface area contributed by atoms with Gasteiger partial charge in [0.05, 0.1) is 23.7 Å². The summed E-state index contributed by atoms with van der Waals surface area (Å²) in [6, 6.07) is 13.1. The van der Waals surface area contributed by atoms with E-state index in [1.165, 1.54) is 35.7 Å². The first-order valence-corrected chi connectivity index (χ1v) is 12.1. The van der Waals surface area contributed by atoms with Crippen molar-refractivity contribution in [3.63, 3.8) is 0 Å². The van der Waals surface area contributed by atoms with Gasteiger partial charge in [-0.05, 0) is 61.0 Å². The van der Waals surface area contributed by atoms with Gasteiger partial charge in [0.15, 0.2) is 0 Å². The summed E-state index contributed by atoms with van der Waals surface area (Å²) in [5.41, 5.74) is 1.83. The molecule has 174 valence electrons. The average molecular weight is 471 g/mol. The Morgan fingerprint density at radius 1 is 1.21 bits per heavy atom. The molecular formula is C24H26N2O6S. The Labute approximate surface area is 192 Å². The van der Waals surface area contributed by atoms with Gasteiger partial charge in [-0.3, -0.25) is 4.79 Å². The van der Waals surface area contributed by atoms with Crippen LogP contribution in [-0.2, 0) is 26.0 Å². The van der Waals surface area contributed by atoms with E-state index in [1.54, 1.807) is 6.07 Å². The average Bonchev–Trinajstić information content (AvgIpc) is 3.32. The van der Waals surface area contributed by atoms with Crippen LogP contribution in [0.25, 0.3) is 10.9 Å². The van der Waals surface area contributed by atoms with Crippen molar-refractivity contribution >= 4 is 26.9 Å². The van der Waals surface area contributed by atoms with Crippen LogP contribution in [0.2, 0.25) is 0 Å². The van der Waals surface area contributed by atoms with Crippen molar-refractivity contribution in [3.05, 3.63) is 75.6 Å². The van der Waals surface area contributed by atoms with Gasteiger partial charge in [0.1, 0.15) is 0 Å². The fraction of sp³-hybridized carbons (Fsp3) is 0.333. The highest BCUT2D eigenvalue weighted by atomic mass is 32.2. The van der Waals surface area contributed by atoms with Crippen molar-refractivity contribution in [1.82, 2.24) is 9.29 Å². The third-order valence-electron chi connectivity index (χ3n) is 5.75. The number of aromatic amines is 1. The van der Waals surface area contributed by atoms with Crippen LogP contribution >= 0.6 is 0 Å². The molecule has 1 aliphatic heterocycles. The Morgan fingerprint density at radius 3 is 2.76 bits per heavy atom. The Hall–Kier alpha value is -3.01. The van der Waals surface area contributed by atoms with Gasteiger partial charge in [0, 0.05) is 30.8 Å². The smallest absolute Gasteiger partial charge is 0.337 e. The minimum absolute atomic E-state index is 0.0451. The highest BCUT2D eigenvalue weighted by Crippen LogP contribution is 2.23. The number of aryl methyl sites for hydroxylation is 1. The summed E-state index contributed by atoms with van der Waals surface area (Å²) in [7, 11) is -2.80. The number of pyridine rings is 1. The molecule has 0 unspecified atom stereocenters. The van der Waals surface area contributed by atoms with Gasteiger partial charge in [-0.1, -0.05) is 18.2 Å². The second-order valence-corrected chi connectivity index (χ2v) is 10.1. The van der Waals surface area contributed by atoms with E-state index >= 15 is 0 Å². The van der Waals surface area contributed by atoms with Gasteiger partial charge in [0.2, 0.25) is 10.0 Å². The highest BCUT2D eigenvalue weighted by Gasteiger charge is 2.30. The standard InChI is InChI=1S/C24H26N2O6S/c1-16-8-9-17-12-19(23(27)25-22(17)11-16)14-26(15-20-6-4-10-32-20)33(29,30)21-7-3-5-18(13-21)24(28)31-2/h3,5,7-9,11-13,20H,4,6,10,14-15H2,1-2H3,(H,25,27)/t20-/m1/s1. The monoisotopic (exact) mass is 470 g/mol. The van der Waals surface area contributed by atoms with Crippen LogP contribution in [0.4, 0.5) is 0 Å². The maximum absolute atomic E-state index is 13.6. The molecule has 2 heterocycles. The number of ether oxygens (including phenoxy) is 2. The van der Waals surface area contributed by atoms with E-state index < -0.39 is 16.0 Å². The van der Waals surface area contributed by atoms with Crippen molar-refractivity contribution in [2.75, 3.05) is 20.3 Å². The lowest BCUT2D eigenvalue weighted by Crippen LogP contribution is -2.38. The molecule has 8 nitrogen and oxygen atoms in total. The molecule has 1 N–H and O–H groups in total. The topological polar surface area (TPSA) is 106 Å². The summed E-state index contributed by atoms with van der Waals surface area (Å²) in [6.45, 7) is 2.50. The largest absolute Gasteiger partial charge is 0.465 e. The Bertz CT molecular complexity index is 1340. The number of carbonyl (C=O) groups is 1. The number of aromatic nitrogens is 1. The molecule has 33 heavy (non-hydrogen) atoms. The van der Waals surface area contributed by atoms with Gasteiger partial charge >= 0.3 is 5.97 Å². The third-order valence-corrected chi connectivity index (χ3v) is 7.56. The zero-order valence-electron chi connectivity index (χ0n) is 18.5. The predicted octanol–water partition coefficient (Wildman–Crippen LogP) is 2.99. The molecule has 0 bridgehead atoms. The molecule has 1 fully saturated rings. The number of methoxy groups -OCH3 is 1. The molecule has 9 heteroatoms. The van der Waals surface area contributed by atoms with E-state index in [9.17, 15) is 18.0 Å². The van der Waals surface area contributed by atoms with Crippen LogP contribution in [0.3, 0.4) is 0 Å². The lowest BCUT2D eigenvalue weighted by Gasteiger charge is -2.25. The fourth-order valence-corrected chi connectivity index (χ4v) is 5.48. The van der Waals surface area contributed by atoms with Crippen molar-refractivity contribution in [2.24, 2.45) is 0 Å². The van der Waals surface area contributed by atoms with E-state index in [1.807, 2.05) is 25.1 Å². The second kappa shape index (κ2) is 9.46. The van der Waals surface area contributed by atoms with Crippen molar-refractivity contribution in [2.45, 2.75) is 37.3 Å². The van der Waals surface area contributed by atoms with Crippen LogP contribution < -0.4 is 5.56 Å². The van der Waals surface area contributed by atoms with E-state index in [0.717, 1.165) is 23.8 Å². The molecule has 4 rings (SSSR count). The van der Waals surface area contributed by atoms with Crippen LogP contribution in [0.1, 0.15) is 34.3 Å². The van der Waals surface area contributed by atoms with Gasteiger partial charge < -0.3 is 14.5 Å². The van der Waals surface area contributed by atoms with E-state index in [4.69, 9.17) is 9.47 Å². The number of fused-ring (bicyclic) bond motifs is 1. The molecule has 0 amide bonds. The maximum Gasteiger partial charge on any atom is 0.337 e. The third kappa shape index (κ3) is 5.00. The summed E-state index contributed by atoms with van der Waals surface area (Å²) in [6.07, 6.45) is 1.33. The number of nitrogens with zero attached hydrogens (tertiary/aromatic N) is 1. The zero-order valence-corrected chi connectivity index (χ0v) is 19.4. The number of carbonyl (C=O) groups excluding carboxylic acids is 1. The van der Waals surface area contributed by atoms with Crippen LogP contribution in [-0.4, -0.2) is 50.0 Å². The van der Waals surface area contributed by atoms with Gasteiger partial charge in [0.25, 0.3) is 5.56 Å². The summed E-state index contributed by atoms with van der Waals surface area (Å²) >= 11 is 0. The molecular weight excluding hydrogens is 444 g/mol. The number of sulfonamides is 1. The predicted molar refractivity (Wildman–Crippen MR) is 124 cm³/mol. The molecule has 0 radical (unpaired) electrons. The first-order chi connectivity index (χ1) is 15.8. The summed E-state index contributed by atoms with van der Waals surface area (Å²) < 4.78 is 38.9. The Balaban J connectivity index is 1.73. The zero-order chi connectivity index (χ0) is 23.6. The van der Waals surface area contributed by atoms with Crippen LogP contribution in [0, 0.1) is 6.92 Å². The Kier molecular flexibility index (Phi) is 6.64. The normalized spacial score (nSPS) is 16.4. The molecule has 0 aliphatic carbocycles. The van der Waals surface area contributed by atoms with Crippen molar-refractivity contribution in [1.29, 1.82) is 0 Å². The number of rotatable bonds is 7. The number of hydrogen-bond donors (Lipinski definition) is 1. The number of nitrogens with one attached hydrogen (secondary N) is 1. The molecule has 1 aromatic heterocycles. The minimum atomic E-state index is -4.03. The van der Waals surface area contributed by atoms with Gasteiger partial charge in [-0.25, -0.2) is 13.2 Å². The van der Waals surface area contributed by atoms with Crippen molar-refractivity contribution in [3.8, 4) is 0 Å². The number of H-pyrrole nitrogens is 1. The first kappa shape index (κ1) is 23.2. The summed E-state index contributed by atoms with van der Waals surface area (Å²) in [5, 5.41) is 0.817. The number of hydrogen-bond acceptors (Lipinski definition) is 6. The SMILES string of the molecule is COC(=O)c1cccc(S(=O)(=O)N(Cc2cc3ccc(C)cc3[nH]c2=O)C[C@H]2CCCO2)c1. The minimum Gasteiger partial charge on any atom is -0.465 e. The number of benzene rings is 2. The lowest BCUT2D eigenvalue weighted by atomic mass is 10.1. The molecule has 0 spiro atoms. The second-order valence-electron chi connectivity index (χ2n) is 8.17.